The lowest BCUT2D eigenvalue weighted by atomic mass is 10.1. The number of nitrogens with zero attached hydrogens (tertiary/aromatic N) is 4. The van der Waals surface area contributed by atoms with E-state index in [4.69, 9.17) is 14.2 Å². The van der Waals surface area contributed by atoms with Gasteiger partial charge in [0.25, 0.3) is 0 Å². The molecule has 0 saturated heterocycles. The number of carbonyl (C=O) groups excluding carboxylic acids is 2. The van der Waals surface area contributed by atoms with Crippen LogP contribution in [-0.4, -0.2) is 64.5 Å². The number of ether oxygens (including phenoxy) is 3. The summed E-state index contributed by atoms with van der Waals surface area (Å²) in [6.45, 7) is 12.9. The summed E-state index contributed by atoms with van der Waals surface area (Å²) in [5.41, 5.74) is 3.66. The summed E-state index contributed by atoms with van der Waals surface area (Å²) >= 11 is 0. The zero-order valence-electron chi connectivity index (χ0n) is 27.8. The van der Waals surface area contributed by atoms with Gasteiger partial charge in [0, 0.05) is 44.2 Å². The van der Waals surface area contributed by atoms with Crippen LogP contribution in [0.25, 0.3) is 12.2 Å². The summed E-state index contributed by atoms with van der Waals surface area (Å²) in [5, 5.41) is 18.6. The molecular weight excluding hydrogens is 580 g/mol. The lowest BCUT2D eigenvalue weighted by molar-refractivity contribution is -0.138. The number of hydrogen-bond donors (Lipinski definition) is 0. The zero-order chi connectivity index (χ0) is 33.6. The van der Waals surface area contributed by atoms with Crippen LogP contribution in [-0.2, 0) is 23.8 Å². The van der Waals surface area contributed by atoms with Crippen molar-refractivity contribution in [1.82, 2.24) is 0 Å². The third-order valence-electron chi connectivity index (χ3n) is 7.16. The monoisotopic (exact) mass is 628 g/mol. The molecule has 0 amide bonds. The van der Waals surface area contributed by atoms with E-state index in [0.29, 0.717) is 13.2 Å². The Morgan fingerprint density at radius 2 is 1.04 bits per heavy atom. The summed E-state index contributed by atoms with van der Waals surface area (Å²) in [5.74, 6) is -1.22. The zero-order valence-corrected chi connectivity index (χ0v) is 27.8. The maximum atomic E-state index is 12.0. The third-order valence-corrected chi connectivity index (χ3v) is 7.16. The lowest BCUT2D eigenvalue weighted by Gasteiger charge is -2.26. The Bertz CT molecular complexity index is 1250. The second-order valence-electron chi connectivity index (χ2n) is 10.6. The molecule has 9 nitrogen and oxygen atoms in total. The van der Waals surface area contributed by atoms with Crippen molar-refractivity contribution in [2.45, 2.75) is 59.8 Å². The van der Waals surface area contributed by atoms with E-state index < -0.39 is 11.9 Å². The average Bonchev–Trinajstić information content (AvgIpc) is 3.07. The third kappa shape index (κ3) is 13.2. The highest BCUT2D eigenvalue weighted by atomic mass is 16.5. The first kappa shape index (κ1) is 37.6. The Labute approximate surface area is 274 Å². The van der Waals surface area contributed by atoms with Crippen molar-refractivity contribution in [2.24, 2.45) is 0 Å². The van der Waals surface area contributed by atoms with Crippen LogP contribution in [0.15, 0.2) is 59.7 Å². The molecule has 0 heterocycles. The van der Waals surface area contributed by atoms with Gasteiger partial charge in [0.2, 0.25) is 0 Å². The fourth-order valence-electron chi connectivity index (χ4n) is 4.66. The predicted molar refractivity (Wildman–Crippen MR) is 183 cm³/mol. The van der Waals surface area contributed by atoms with Gasteiger partial charge in [-0.1, -0.05) is 51.0 Å². The molecule has 0 spiro atoms. The summed E-state index contributed by atoms with van der Waals surface area (Å²) in [6.07, 6.45) is 8.29. The average molecular weight is 629 g/mol. The smallest absolute Gasteiger partial charge is 0.348 e. The van der Waals surface area contributed by atoms with Gasteiger partial charge in [0.05, 0.1) is 19.8 Å². The summed E-state index contributed by atoms with van der Waals surface area (Å²) in [7, 11) is 0. The number of carbonyl (C=O) groups is 2. The van der Waals surface area contributed by atoms with Crippen LogP contribution in [0.5, 0.6) is 0 Å². The van der Waals surface area contributed by atoms with Crippen LogP contribution in [0, 0.1) is 22.7 Å². The molecule has 0 aromatic heterocycles. The van der Waals surface area contributed by atoms with E-state index in [0.717, 1.165) is 80.8 Å². The molecule has 0 N–H and O–H groups in total. The van der Waals surface area contributed by atoms with Crippen LogP contribution in [0.3, 0.4) is 0 Å². The highest BCUT2D eigenvalue weighted by molar-refractivity contribution is 5.98. The molecular formula is C37H48N4O5. The van der Waals surface area contributed by atoms with Gasteiger partial charge >= 0.3 is 11.9 Å². The number of esters is 2. The number of hydrogen-bond acceptors (Lipinski definition) is 9. The van der Waals surface area contributed by atoms with Gasteiger partial charge in [-0.05, 0) is 80.7 Å². The highest BCUT2D eigenvalue weighted by Gasteiger charge is 2.12. The van der Waals surface area contributed by atoms with E-state index >= 15 is 0 Å². The van der Waals surface area contributed by atoms with Crippen molar-refractivity contribution in [3.05, 3.63) is 70.8 Å². The molecule has 0 fully saturated rings. The summed E-state index contributed by atoms with van der Waals surface area (Å²) in [4.78, 5) is 28.6. The molecule has 2 rings (SSSR count). The summed E-state index contributed by atoms with van der Waals surface area (Å²) < 4.78 is 16.0. The Kier molecular flexibility index (Phi) is 18.0. The van der Waals surface area contributed by atoms with Crippen LogP contribution in [0.2, 0.25) is 0 Å². The molecule has 0 unspecified atom stereocenters. The van der Waals surface area contributed by atoms with E-state index in [9.17, 15) is 20.1 Å². The topological polar surface area (TPSA) is 116 Å². The van der Waals surface area contributed by atoms with E-state index in [1.54, 1.807) is 26.0 Å². The van der Waals surface area contributed by atoms with Crippen LogP contribution < -0.4 is 9.80 Å². The minimum Gasteiger partial charge on any atom is -0.462 e. The molecule has 0 atom stereocenters. The Balaban J connectivity index is 1.94. The Morgan fingerprint density at radius 3 is 1.43 bits per heavy atom. The highest BCUT2D eigenvalue weighted by Crippen LogP contribution is 2.20. The van der Waals surface area contributed by atoms with Gasteiger partial charge in [0.1, 0.15) is 23.3 Å². The molecule has 2 aromatic rings. The molecule has 0 bridgehead atoms. The van der Waals surface area contributed by atoms with Crippen LogP contribution in [0.4, 0.5) is 11.4 Å². The van der Waals surface area contributed by atoms with Crippen molar-refractivity contribution >= 4 is 35.5 Å². The van der Waals surface area contributed by atoms with E-state index in [-0.39, 0.29) is 24.4 Å². The van der Waals surface area contributed by atoms with Crippen molar-refractivity contribution < 1.29 is 23.8 Å². The first-order valence-corrected chi connectivity index (χ1v) is 16.3. The van der Waals surface area contributed by atoms with E-state index in [1.807, 2.05) is 60.7 Å². The lowest BCUT2D eigenvalue weighted by Crippen LogP contribution is -2.29. The number of rotatable bonds is 21. The second-order valence-corrected chi connectivity index (χ2v) is 10.6. The quantitative estimate of drug-likeness (QED) is 0.0627. The molecule has 0 aliphatic rings. The van der Waals surface area contributed by atoms with Crippen LogP contribution >= 0.6 is 0 Å². The van der Waals surface area contributed by atoms with E-state index in [2.05, 4.69) is 23.6 Å². The molecule has 0 saturated carbocycles. The van der Waals surface area contributed by atoms with Crippen molar-refractivity contribution in [3.8, 4) is 12.1 Å². The first-order valence-electron chi connectivity index (χ1n) is 16.3. The molecule has 0 radical (unpaired) electrons. The standard InChI is InChI=1S/C37H48N4O5/c1-5-9-20-40(34-16-12-30(13-17-34)26-32(28-38)36(42)45-7-3)22-11-24-44-25-23-41(21-10-6-2)35-18-14-31(15-19-35)27-33(29-39)37(43)46-8-4/h12-19,26-27H,5-11,20-25H2,1-4H3. The van der Waals surface area contributed by atoms with Crippen molar-refractivity contribution in [1.29, 1.82) is 10.5 Å². The molecule has 2 aromatic carbocycles. The summed E-state index contributed by atoms with van der Waals surface area (Å²) in [6, 6.07) is 19.5. The largest absolute Gasteiger partial charge is 0.462 e. The Morgan fingerprint density at radius 1 is 0.630 bits per heavy atom. The fourth-order valence-corrected chi connectivity index (χ4v) is 4.66. The second kappa shape index (κ2) is 22.0. The molecule has 9 heteroatoms. The van der Waals surface area contributed by atoms with Gasteiger partial charge in [-0.25, -0.2) is 9.59 Å². The SMILES string of the molecule is CCCCN(CCCOCCN(CCCC)c1ccc(C=C(C#N)C(=O)OCC)cc1)c1ccc(C=C(C#N)C(=O)OCC)cc1. The molecule has 46 heavy (non-hydrogen) atoms. The Hall–Kier alpha value is -4.60. The maximum Gasteiger partial charge on any atom is 0.348 e. The van der Waals surface area contributed by atoms with Crippen molar-refractivity contribution in [3.63, 3.8) is 0 Å². The number of unbranched alkanes of at least 4 members (excludes halogenated alkanes) is 2. The van der Waals surface area contributed by atoms with E-state index in [1.165, 1.54) is 0 Å². The number of anilines is 2. The maximum absolute atomic E-state index is 12.0. The van der Waals surface area contributed by atoms with Gasteiger partial charge < -0.3 is 24.0 Å². The van der Waals surface area contributed by atoms with Gasteiger partial charge in [-0.2, -0.15) is 10.5 Å². The van der Waals surface area contributed by atoms with Crippen LogP contribution in [0.1, 0.15) is 70.9 Å². The molecule has 246 valence electrons. The number of nitriles is 2. The number of benzene rings is 2. The fraction of sp³-hybridized carbons (Fsp3) is 0.459. The van der Waals surface area contributed by atoms with Gasteiger partial charge in [0.15, 0.2) is 0 Å². The molecule has 0 aliphatic heterocycles. The first-order chi connectivity index (χ1) is 22.4. The van der Waals surface area contributed by atoms with Crippen molar-refractivity contribution in [2.75, 3.05) is 62.4 Å². The minimum absolute atomic E-state index is 0.0164. The minimum atomic E-state index is -0.613. The normalized spacial score (nSPS) is 11.3. The van der Waals surface area contributed by atoms with Gasteiger partial charge in [-0.15, -0.1) is 0 Å². The predicted octanol–water partition coefficient (Wildman–Crippen LogP) is 6.95. The molecule has 0 aliphatic carbocycles. The van der Waals surface area contributed by atoms with Gasteiger partial charge in [-0.3, -0.25) is 0 Å².